The molecule has 6 heteroatoms. The number of carbonyl (C=O) groups excluding carboxylic acids is 1. The smallest absolute Gasteiger partial charge is 0.286 e. The highest BCUT2D eigenvalue weighted by atomic mass is 16.5. The largest absolute Gasteiger partial charge is 0.455 e. The lowest BCUT2D eigenvalue weighted by Gasteiger charge is -2.11. The molecule has 0 atom stereocenters. The lowest BCUT2D eigenvalue weighted by Crippen LogP contribution is -2.24. The summed E-state index contributed by atoms with van der Waals surface area (Å²) in [4.78, 5) is 14.5. The van der Waals surface area contributed by atoms with E-state index in [4.69, 9.17) is 8.94 Å². The van der Waals surface area contributed by atoms with Gasteiger partial charge < -0.3 is 14.3 Å². The quantitative estimate of drug-likeness (QED) is 0.790. The Labute approximate surface area is 142 Å². The summed E-state index contributed by atoms with van der Waals surface area (Å²) in [5.41, 5.74) is 2.06. The zero-order chi connectivity index (χ0) is 16.9. The third-order valence-electron chi connectivity index (χ3n) is 4.53. The van der Waals surface area contributed by atoms with Crippen LogP contribution in [0.1, 0.15) is 52.6 Å². The molecule has 24 heavy (non-hydrogen) atoms. The predicted octanol–water partition coefficient (Wildman–Crippen LogP) is 2.84. The molecular formula is C18H25N3O3. The molecule has 6 nitrogen and oxygen atoms in total. The summed E-state index contributed by atoms with van der Waals surface area (Å²) in [5, 5.41) is 6.85. The first kappa shape index (κ1) is 16.8. The minimum absolute atomic E-state index is 0.151. The Bertz CT molecular complexity index is 664. The fraction of sp³-hybridized carbons (Fsp3) is 0.556. The SMILES string of the molecule is Cc1noc(C)c1CCCNC(=O)c1ccc(CN2CCCC2)o1. The van der Waals surface area contributed by atoms with Crippen LogP contribution in [0.5, 0.6) is 0 Å². The molecule has 1 fully saturated rings. The van der Waals surface area contributed by atoms with Crippen LogP contribution in [0.15, 0.2) is 21.1 Å². The molecule has 0 aliphatic carbocycles. The molecule has 130 valence electrons. The van der Waals surface area contributed by atoms with Crippen molar-refractivity contribution in [2.24, 2.45) is 0 Å². The van der Waals surface area contributed by atoms with Crippen LogP contribution in [-0.2, 0) is 13.0 Å². The van der Waals surface area contributed by atoms with Gasteiger partial charge in [-0.3, -0.25) is 9.69 Å². The number of aromatic nitrogens is 1. The molecule has 1 aliphatic rings. The maximum Gasteiger partial charge on any atom is 0.286 e. The second-order valence-corrected chi connectivity index (χ2v) is 6.41. The van der Waals surface area contributed by atoms with Crippen LogP contribution in [0.3, 0.4) is 0 Å². The van der Waals surface area contributed by atoms with Gasteiger partial charge in [-0.05, 0) is 64.8 Å². The molecule has 0 radical (unpaired) electrons. The molecule has 2 aromatic heterocycles. The third kappa shape index (κ3) is 4.06. The second-order valence-electron chi connectivity index (χ2n) is 6.41. The first-order valence-corrected chi connectivity index (χ1v) is 8.64. The number of nitrogens with one attached hydrogen (secondary N) is 1. The fourth-order valence-corrected chi connectivity index (χ4v) is 3.16. The van der Waals surface area contributed by atoms with Crippen molar-refractivity contribution in [3.63, 3.8) is 0 Å². The number of rotatable bonds is 7. The molecule has 1 saturated heterocycles. The van der Waals surface area contributed by atoms with E-state index in [9.17, 15) is 4.79 Å². The van der Waals surface area contributed by atoms with Gasteiger partial charge in [-0.2, -0.15) is 0 Å². The summed E-state index contributed by atoms with van der Waals surface area (Å²) in [5.74, 6) is 1.96. The van der Waals surface area contributed by atoms with Crippen molar-refractivity contribution in [1.29, 1.82) is 0 Å². The Balaban J connectivity index is 1.42. The van der Waals surface area contributed by atoms with E-state index in [1.165, 1.54) is 12.8 Å². The van der Waals surface area contributed by atoms with Crippen LogP contribution < -0.4 is 5.32 Å². The van der Waals surface area contributed by atoms with E-state index in [-0.39, 0.29) is 5.91 Å². The van der Waals surface area contributed by atoms with E-state index in [2.05, 4.69) is 15.4 Å². The van der Waals surface area contributed by atoms with Crippen molar-refractivity contribution in [3.05, 3.63) is 40.7 Å². The molecule has 1 aliphatic heterocycles. The van der Waals surface area contributed by atoms with Crippen LogP contribution >= 0.6 is 0 Å². The van der Waals surface area contributed by atoms with Crippen LogP contribution in [-0.4, -0.2) is 35.6 Å². The monoisotopic (exact) mass is 331 g/mol. The topological polar surface area (TPSA) is 71.5 Å². The van der Waals surface area contributed by atoms with Gasteiger partial charge >= 0.3 is 0 Å². The van der Waals surface area contributed by atoms with Gasteiger partial charge in [0, 0.05) is 12.1 Å². The Morgan fingerprint density at radius 1 is 1.29 bits per heavy atom. The van der Waals surface area contributed by atoms with Crippen molar-refractivity contribution < 1.29 is 13.7 Å². The van der Waals surface area contributed by atoms with E-state index >= 15 is 0 Å². The maximum atomic E-state index is 12.1. The summed E-state index contributed by atoms with van der Waals surface area (Å²) in [6.07, 6.45) is 4.19. The van der Waals surface area contributed by atoms with E-state index < -0.39 is 0 Å². The highest BCUT2D eigenvalue weighted by molar-refractivity contribution is 5.91. The van der Waals surface area contributed by atoms with Crippen molar-refractivity contribution >= 4 is 5.91 Å². The van der Waals surface area contributed by atoms with Gasteiger partial charge in [0.25, 0.3) is 5.91 Å². The summed E-state index contributed by atoms with van der Waals surface area (Å²) < 4.78 is 10.8. The number of aryl methyl sites for hydroxylation is 2. The van der Waals surface area contributed by atoms with E-state index in [1.807, 2.05) is 19.9 Å². The number of amides is 1. The van der Waals surface area contributed by atoms with E-state index in [0.717, 1.165) is 55.3 Å². The van der Waals surface area contributed by atoms with Crippen molar-refractivity contribution in [2.45, 2.75) is 46.1 Å². The molecule has 0 spiro atoms. The zero-order valence-electron chi connectivity index (χ0n) is 14.4. The van der Waals surface area contributed by atoms with Crippen LogP contribution in [0, 0.1) is 13.8 Å². The first-order valence-electron chi connectivity index (χ1n) is 8.64. The molecule has 0 saturated carbocycles. The summed E-state index contributed by atoms with van der Waals surface area (Å²) in [7, 11) is 0. The predicted molar refractivity (Wildman–Crippen MR) is 89.9 cm³/mol. The highest BCUT2D eigenvalue weighted by Gasteiger charge is 2.16. The number of nitrogens with zero attached hydrogens (tertiary/aromatic N) is 2. The Morgan fingerprint density at radius 2 is 2.08 bits per heavy atom. The summed E-state index contributed by atoms with van der Waals surface area (Å²) in [6, 6.07) is 3.66. The molecule has 3 rings (SSSR count). The molecule has 0 aromatic carbocycles. The molecule has 3 heterocycles. The van der Waals surface area contributed by atoms with Gasteiger partial charge in [0.2, 0.25) is 0 Å². The average Bonchev–Trinajstić information content (AvgIpc) is 3.29. The van der Waals surface area contributed by atoms with Crippen LogP contribution in [0.2, 0.25) is 0 Å². The van der Waals surface area contributed by atoms with Gasteiger partial charge in [-0.1, -0.05) is 5.16 Å². The van der Waals surface area contributed by atoms with Crippen molar-refractivity contribution in [3.8, 4) is 0 Å². The van der Waals surface area contributed by atoms with Gasteiger partial charge in [-0.15, -0.1) is 0 Å². The van der Waals surface area contributed by atoms with Crippen molar-refractivity contribution in [1.82, 2.24) is 15.4 Å². The Hall–Kier alpha value is -2.08. The Morgan fingerprint density at radius 3 is 2.79 bits per heavy atom. The fourth-order valence-electron chi connectivity index (χ4n) is 3.16. The molecule has 0 unspecified atom stereocenters. The average molecular weight is 331 g/mol. The number of furan rings is 1. The molecule has 0 bridgehead atoms. The molecule has 1 amide bonds. The second kappa shape index (κ2) is 7.66. The first-order chi connectivity index (χ1) is 11.6. The molecule has 2 aromatic rings. The Kier molecular flexibility index (Phi) is 5.35. The lowest BCUT2D eigenvalue weighted by molar-refractivity contribution is 0.0922. The van der Waals surface area contributed by atoms with Gasteiger partial charge in [-0.25, -0.2) is 0 Å². The van der Waals surface area contributed by atoms with Crippen molar-refractivity contribution in [2.75, 3.05) is 19.6 Å². The van der Waals surface area contributed by atoms with E-state index in [1.54, 1.807) is 6.07 Å². The number of hydrogen-bond donors (Lipinski definition) is 1. The third-order valence-corrected chi connectivity index (χ3v) is 4.53. The normalized spacial score (nSPS) is 15.1. The number of carbonyl (C=O) groups is 1. The van der Waals surface area contributed by atoms with Crippen LogP contribution in [0.4, 0.5) is 0 Å². The van der Waals surface area contributed by atoms with Gasteiger partial charge in [0.1, 0.15) is 11.5 Å². The molecule has 1 N–H and O–H groups in total. The van der Waals surface area contributed by atoms with Gasteiger partial charge in [0.15, 0.2) is 5.76 Å². The standard InChI is InChI=1S/C18H25N3O3/c1-13-16(14(2)24-20-13)6-5-9-19-18(22)17-8-7-15(23-17)12-21-10-3-4-11-21/h7-8H,3-6,9-12H2,1-2H3,(H,19,22). The van der Waals surface area contributed by atoms with Crippen LogP contribution in [0.25, 0.3) is 0 Å². The number of likely N-dealkylation sites (tertiary alicyclic amines) is 1. The summed E-state index contributed by atoms with van der Waals surface area (Å²) in [6.45, 7) is 7.48. The maximum absolute atomic E-state index is 12.1. The molecular weight excluding hydrogens is 306 g/mol. The minimum Gasteiger partial charge on any atom is -0.455 e. The lowest BCUT2D eigenvalue weighted by atomic mass is 10.1. The minimum atomic E-state index is -0.151. The number of hydrogen-bond acceptors (Lipinski definition) is 5. The highest BCUT2D eigenvalue weighted by Crippen LogP contribution is 2.16. The van der Waals surface area contributed by atoms with Gasteiger partial charge in [0.05, 0.1) is 12.2 Å². The zero-order valence-corrected chi connectivity index (χ0v) is 14.4. The van der Waals surface area contributed by atoms with E-state index in [0.29, 0.717) is 12.3 Å². The summed E-state index contributed by atoms with van der Waals surface area (Å²) >= 11 is 0.